The van der Waals surface area contributed by atoms with Gasteiger partial charge in [0.1, 0.15) is 17.4 Å². The van der Waals surface area contributed by atoms with E-state index in [-0.39, 0.29) is 28.6 Å². The molecular formula is C16H14BrClN2O5. The Morgan fingerprint density at radius 3 is 2.72 bits per heavy atom. The number of ether oxygens (including phenoxy) is 2. The van der Waals surface area contributed by atoms with Crippen LogP contribution in [0.4, 0.5) is 11.4 Å². The van der Waals surface area contributed by atoms with Crippen molar-refractivity contribution in [2.75, 3.05) is 25.6 Å². The summed E-state index contributed by atoms with van der Waals surface area (Å²) < 4.78 is 11.1. The number of nitrogens with zero attached hydrogens (tertiary/aromatic N) is 1. The molecule has 1 amide bonds. The van der Waals surface area contributed by atoms with E-state index in [2.05, 4.69) is 21.2 Å². The molecule has 0 heterocycles. The first-order chi connectivity index (χ1) is 11.9. The van der Waals surface area contributed by atoms with Crippen LogP contribution < -0.4 is 10.1 Å². The number of rotatable bonds is 7. The van der Waals surface area contributed by atoms with Gasteiger partial charge in [0.2, 0.25) is 0 Å². The zero-order chi connectivity index (χ0) is 18.4. The summed E-state index contributed by atoms with van der Waals surface area (Å²) in [5.41, 5.74) is 0.247. The van der Waals surface area contributed by atoms with Crippen LogP contribution in [0, 0.1) is 10.1 Å². The molecule has 0 unspecified atom stereocenters. The summed E-state index contributed by atoms with van der Waals surface area (Å²) in [5.74, 6) is -0.0912. The lowest BCUT2D eigenvalue weighted by Gasteiger charge is -2.12. The molecule has 0 fully saturated rings. The topological polar surface area (TPSA) is 90.7 Å². The van der Waals surface area contributed by atoms with Gasteiger partial charge in [-0.2, -0.15) is 0 Å². The molecule has 9 heteroatoms. The maximum atomic E-state index is 12.5. The molecule has 2 aromatic carbocycles. The van der Waals surface area contributed by atoms with Crippen LogP contribution in [0.15, 0.2) is 40.9 Å². The Morgan fingerprint density at radius 2 is 2.04 bits per heavy atom. The number of nitro benzene ring substituents is 1. The molecule has 0 aliphatic carbocycles. The molecule has 0 saturated carbocycles. The third-order valence-electron chi connectivity index (χ3n) is 3.13. The predicted octanol–water partition coefficient (Wildman–Crippen LogP) is 4.29. The van der Waals surface area contributed by atoms with E-state index < -0.39 is 10.8 Å². The minimum atomic E-state index is -0.615. The summed E-state index contributed by atoms with van der Waals surface area (Å²) in [6.45, 7) is 0.658. The van der Waals surface area contributed by atoms with E-state index in [1.807, 2.05) is 0 Å². The van der Waals surface area contributed by atoms with Crippen LogP contribution in [0.2, 0.25) is 5.02 Å². The minimum absolute atomic E-state index is 0.00552. The molecule has 1 N–H and O–H groups in total. The lowest BCUT2D eigenvalue weighted by molar-refractivity contribution is -0.384. The Kier molecular flexibility index (Phi) is 6.74. The van der Waals surface area contributed by atoms with Gasteiger partial charge in [0.15, 0.2) is 0 Å². The maximum absolute atomic E-state index is 12.5. The molecule has 0 aliphatic heterocycles. The molecule has 0 aliphatic rings. The van der Waals surface area contributed by atoms with E-state index in [4.69, 9.17) is 21.1 Å². The average Bonchev–Trinajstić information content (AvgIpc) is 2.57. The third kappa shape index (κ3) is 5.15. The van der Waals surface area contributed by atoms with Crippen molar-refractivity contribution in [1.82, 2.24) is 0 Å². The first kappa shape index (κ1) is 19.2. The molecule has 132 valence electrons. The number of carbonyl (C=O) groups excluding carboxylic acids is 1. The lowest BCUT2D eigenvalue weighted by Crippen LogP contribution is -2.15. The summed E-state index contributed by atoms with van der Waals surface area (Å²) in [6.07, 6.45) is 0. The van der Waals surface area contributed by atoms with Crippen molar-refractivity contribution in [3.63, 3.8) is 0 Å². The van der Waals surface area contributed by atoms with Crippen LogP contribution >= 0.6 is 27.5 Å². The van der Waals surface area contributed by atoms with E-state index >= 15 is 0 Å². The lowest BCUT2D eigenvalue weighted by atomic mass is 10.1. The average molecular weight is 430 g/mol. The van der Waals surface area contributed by atoms with Crippen LogP contribution in [0.1, 0.15) is 10.4 Å². The van der Waals surface area contributed by atoms with Crippen LogP contribution in [0.5, 0.6) is 5.75 Å². The molecule has 0 aromatic heterocycles. The SMILES string of the molecule is COCCOc1ccc(Br)cc1C(=O)Nc1ccc(Cl)c([N+](=O)[O-])c1. The van der Waals surface area contributed by atoms with Gasteiger partial charge >= 0.3 is 0 Å². The maximum Gasteiger partial charge on any atom is 0.289 e. The van der Waals surface area contributed by atoms with Crippen molar-refractivity contribution in [1.29, 1.82) is 0 Å². The van der Waals surface area contributed by atoms with Gasteiger partial charge in [0, 0.05) is 23.3 Å². The van der Waals surface area contributed by atoms with Gasteiger partial charge in [0.25, 0.3) is 11.6 Å². The van der Waals surface area contributed by atoms with Crippen LogP contribution in [-0.2, 0) is 4.74 Å². The summed E-state index contributed by atoms with van der Waals surface area (Å²) in [4.78, 5) is 22.9. The van der Waals surface area contributed by atoms with E-state index in [9.17, 15) is 14.9 Å². The van der Waals surface area contributed by atoms with Gasteiger partial charge in [0.05, 0.1) is 17.1 Å². The smallest absolute Gasteiger partial charge is 0.289 e. The Bertz CT molecular complexity index is 800. The predicted molar refractivity (Wildman–Crippen MR) is 97.6 cm³/mol. The van der Waals surface area contributed by atoms with Gasteiger partial charge in [-0.3, -0.25) is 14.9 Å². The highest BCUT2D eigenvalue weighted by atomic mass is 79.9. The van der Waals surface area contributed by atoms with Crippen LogP contribution in [0.25, 0.3) is 0 Å². The normalized spacial score (nSPS) is 10.4. The first-order valence-electron chi connectivity index (χ1n) is 7.09. The Morgan fingerprint density at radius 1 is 1.28 bits per heavy atom. The quantitative estimate of drug-likeness (QED) is 0.403. The van der Waals surface area contributed by atoms with Crippen molar-refractivity contribution in [3.05, 3.63) is 61.6 Å². The fourth-order valence-electron chi connectivity index (χ4n) is 1.97. The molecule has 2 aromatic rings. The number of methoxy groups -OCH3 is 1. The van der Waals surface area contributed by atoms with Crippen molar-refractivity contribution in [2.45, 2.75) is 0 Å². The van der Waals surface area contributed by atoms with E-state index in [0.29, 0.717) is 16.8 Å². The van der Waals surface area contributed by atoms with Gasteiger partial charge in [-0.25, -0.2) is 0 Å². The van der Waals surface area contributed by atoms with Gasteiger partial charge < -0.3 is 14.8 Å². The number of nitro groups is 1. The van der Waals surface area contributed by atoms with Crippen molar-refractivity contribution >= 4 is 44.8 Å². The van der Waals surface area contributed by atoms with Crippen molar-refractivity contribution < 1.29 is 19.2 Å². The zero-order valence-corrected chi connectivity index (χ0v) is 15.5. The number of halogens is 2. The number of amides is 1. The molecular weight excluding hydrogens is 416 g/mol. The number of benzene rings is 2. The molecule has 25 heavy (non-hydrogen) atoms. The third-order valence-corrected chi connectivity index (χ3v) is 3.94. The molecule has 0 saturated heterocycles. The fraction of sp³-hybridized carbons (Fsp3) is 0.188. The van der Waals surface area contributed by atoms with Crippen molar-refractivity contribution in [3.8, 4) is 5.75 Å². The molecule has 0 radical (unpaired) electrons. The number of hydrogen-bond acceptors (Lipinski definition) is 5. The monoisotopic (exact) mass is 428 g/mol. The van der Waals surface area contributed by atoms with E-state index in [1.54, 1.807) is 25.3 Å². The molecule has 0 bridgehead atoms. The van der Waals surface area contributed by atoms with Gasteiger partial charge in [-0.15, -0.1) is 0 Å². The van der Waals surface area contributed by atoms with Crippen molar-refractivity contribution in [2.24, 2.45) is 0 Å². The highest BCUT2D eigenvalue weighted by Crippen LogP contribution is 2.29. The molecule has 2 rings (SSSR count). The highest BCUT2D eigenvalue weighted by Gasteiger charge is 2.17. The summed E-state index contributed by atoms with van der Waals surface area (Å²) in [7, 11) is 1.55. The second-order valence-electron chi connectivity index (χ2n) is 4.86. The Labute approximate surface area is 157 Å². The number of hydrogen-bond donors (Lipinski definition) is 1. The molecule has 0 atom stereocenters. The summed E-state index contributed by atoms with van der Waals surface area (Å²) in [6, 6.07) is 9.03. The van der Waals surface area contributed by atoms with Crippen LogP contribution in [-0.4, -0.2) is 31.2 Å². The van der Waals surface area contributed by atoms with E-state index in [1.165, 1.54) is 18.2 Å². The van der Waals surface area contributed by atoms with Crippen LogP contribution in [0.3, 0.4) is 0 Å². The summed E-state index contributed by atoms with van der Waals surface area (Å²) in [5, 5.41) is 13.5. The number of anilines is 1. The highest BCUT2D eigenvalue weighted by molar-refractivity contribution is 9.10. The second-order valence-corrected chi connectivity index (χ2v) is 6.18. The fourth-order valence-corrected chi connectivity index (χ4v) is 2.52. The van der Waals surface area contributed by atoms with Gasteiger partial charge in [-0.05, 0) is 30.3 Å². The molecule has 0 spiro atoms. The first-order valence-corrected chi connectivity index (χ1v) is 8.26. The zero-order valence-electron chi connectivity index (χ0n) is 13.1. The Hall–Kier alpha value is -2.16. The summed E-state index contributed by atoms with van der Waals surface area (Å²) >= 11 is 9.07. The standard InChI is InChI=1S/C16H14BrClN2O5/c1-24-6-7-25-15-5-2-10(17)8-12(15)16(21)19-11-3-4-13(18)14(9-11)20(22)23/h2-5,8-9H,6-7H2,1H3,(H,19,21). The molecule has 7 nitrogen and oxygen atoms in total. The minimum Gasteiger partial charge on any atom is -0.490 e. The van der Waals surface area contributed by atoms with Gasteiger partial charge in [-0.1, -0.05) is 27.5 Å². The largest absolute Gasteiger partial charge is 0.490 e. The second kappa shape index (κ2) is 8.80. The number of carbonyl (C=O) groups is 1. The number of nitrogens with one attached hydrogen (secondary N) is 1. The Balaban J connectivity index is 2.24. The van der Waals surface area contributed by atoms with E-state index in [0.717, 1.165) is 0 Å².